The molecule has 3 aromatic rings. The van der Waals surface area contributed by atoms with Crippen LogP contribution < -0.4 is 0 Å². The zero-order chi connectivity index (χ0) is 15.5. The van der Waals surface area contributed by atoms with E-state index in [9.17, 15) is 4.79 Å². The number of aromatic nitrogens is 1. The Labute approximate surface area is 129 Å². The molecule has 0 aliphatic heterocycles. The molecule has 1 amide bonds. The Bertz CT molecular complexity index is 793. The molecule has 0 saturated carbocycles. The summed E-state index contributed by atoms with van der Waals surface area (Å²) < 4.78 is 5.88. The minimum Gasteiger partial charge on any atom is -0.461 e. The van der Waals surface area contributed by atoms with Gasteiger partial charge in [-0.25, -0.2) is 0 Å². The van der Waals surface area contributed by atoms with Crippen molar-refractivity contribution >= 4 is 16.9 Å². The number of furan rings is 1. The van der Waals surface area contributed by atoms with E-state index in [-0.39, 0.29) is 5.91 Å². The zero-order valence-electron chi connectivity index (χ0n) is 12.7. The fraction of sp³-hybridized carbons (Fsp3) is 0.222. The maximum atomic E-state index is 12.4. The highest BCUT2D eigenvalue weighted by molar-refractivity contribution is 5.92. The van der Waals surface area contributed by atoms with E-state index in [4.69, 9.17) is 4.42 Å². The van der Waals surface area contributed by atoms with Gasteiger partial charge in [0.05, 0.1) is 0 Å². The smallest absolute Gasteiger partial charge is 0.272 e. The predicted octanol–water partition coefficient (Wildman–Crippen LogP) is 3.66. The van der Waals surface area contributed by atoms with Crippen LogP contribution in [0.3, 0.4) is 0 Å². The Hall–Kier alpha value is -2.62. The molecule has 0 atom stereocenters. The number of fused-ring (bicyclic) bond motifs is 1. The molecular weight excluding hydrogens is 276 g/mol. The molecule has 3 rings (SSSR count). The van der Waals surface area contributed by atoms with E-state index in [0.717, 1.165) is 28.7 Å². The summed E-state index contributed by atoms with van der Waals surface area (Å²) in [5, 5.41) is 1.07. The minimum absolute atomic E-state index is 0.0899. The van der Waals surface area contributed by atoms with E-state index >= 15 is 0 Å². The number of hydrogen-bond donors (Lipinski definition) is 0. The van der Waals surface area contributed by atoms with Gasteiger partial charge in [-0.15, -0.1) is 0 Å². The Morgan fingerprint density at radius 3 is 2.68 bits per heavy atom. The van der Waals surface area contributed by atoms with Gasteiger partial charge in [0.25, 0.3) is 5.91 Å². The van der Waals surface area contributed by atoms with E-state index in [0.29, 0.717) is 12.2 Å². The summed E-state index contributed by atoms with van der Waals surface area (Å²) in [4.78, 5) is 18.2. The fourth-order valence-electron chi connectivity index (χ4n) is 2.60. The van der Waals surface area contributed by atoms with Crippen LogP contribution >= 0.6 is 0 Å². The number of rotatable bonds is 4. The van der Waals surface area contributed by atoms with Crippen molar-refractivity contribution in [2.45, 2.75) is 19.9 Å². The van der Waals surface area contributed by atoms with Crippen molar-refractivity contribution < 1.29 is 9.21 Å². The lowest BCUT2D eigenvalue weighted by Gasteiger charge is -2.16. The summed E-state index contributed by atoms with van der Waals surface area (Å²) in [6, 6.07) is 13.3. The monoisotopic (exact) mass is 294 g/mol. The number of pyridine rings is 1. The summed E-state index contributed by atoms with van der Waals surface area (Å²) in [6.45, 7) is 2.57. The molecule has 0 fully saturated rings. The van der Waals surface area contributed by atoms with Gasteiger partial charge in [0, 0.05) is 37.2 Å². The molecule has 0 N–H and O–H groups in total. The lowest BCUT2D eigenvalue weighted by Crippen LogP contribution is -2.27. The number of nitrogens with zero attached hydrogens (tertiary/aromatic N) is 2. The van der Waals surface area contributed by atoms with Crippen LogP contribution in [0.1, 0.15) is 28.7 Å². The fourth-order valence-corrected chi connectivity index (χ4v) is 2.60. The number of amides is 1. The normalized spacial score (nSPS) is 10.8. The number of carbonyl (C=O) groups is 1. The first-order chi connectivity index (χ1) is 10.7. The average molecular weight is 294 g/mol. The van der Waals surface area contributed by atoms with Gasteiger partial charge in [0.2, 0.25) is 0 Å². The van der Waals surface area contributed by atoms with Crippen LogP contribution in [0.25, 0.3) is 11.0 Å². The van der Waals surface area contributed by atoms with Crippen LogP contribution in [-0.2, 0) is 13.0 Å². The molecule has 0 spiro atoms. The molecule has 0 saturated heterocycles. The summed E-state index contributed by atoms with van der Waals surface area (Å²) in [5.74, 6) is 0.842. The first-order valence-corrected chi connectivity index (χ1v) is 7.36. The van der Waals surface area contributed by atoms with Crippen LogP contribution in [0.4, 0.5) is 0 Å². The van der Waals surface area contributed by atoms with Gasteiger partial charge >= 0.3 is 0 Å². The van der Waals surface area contributed by atoms with E-state index in [1.807, 2.05) is 30.3 Å². The molecule has 0 aliphatic carbocycles. The first kappa shape index (κ1) is 14.3. The highest BCUT2D eigenvalue weighted by Gasteiger charge is 2.18. The van der Waals surface area contributed by atoms with Crippen molar-refractivity contribution in [3.63, 3.8) is 0 Å². The Morgan fingerprint density at radius 2 is 1.95 bits per heavy atom. The largest absolute Gasteiger partial charge is 0.461 e. The number of aryl methyl sites for hydroxylation is 1. The topological polar surface area (TPSA) is 46.3 Å². The zero-order valence-corrected chi connectivity index (χ0v) is 12.7. The van der Waals surface area contributed by atoms with Gasteiger partial charge in [0.15, 0.2) is 0 Å². The maximum Gasteiger partial charge on any atom is 0.272 e. The molecular formula is C18H18N2O2. The minimum atomic E-state index is -0.0899. The van der Waals surface area contributed by atoms with Crippen molar-refractivity contribution in [3.05, 3.63) is 65.7 Å². The Balaban J connectivity index is 1.91. The number of hydrogen-bond acceptors (Lipinski definition) is 3. The summed E-state index contributed by atoms with van der Waals surface area (Å²) in [7, 11) is 1.79. The summed E-state index contributed by atoms with van der Waals surface area (Å²) in [6.07, 6.45) is 2.43. The molecule has 4 heteroatoms. The molecule has 112 valence electrons. The summed E-state index contributed by atoms with van der Waals surface area (Å²) >= 11 is 0. The second kappa shape index (κ2) is 6.02. The van der Waals surface area contributed by atoms with Gasteiger partial charge in [-0.2, -0.15) is 0 Å². The van der Waals surface area contributed by atoms with Crippen LogP contribution in [0.2, 0.25) is 0 Å². The second-order valence-electron chi connectivity index (χ2n) is 5.23. The molecule has 2 heterocycles. The third-order valence-electron chi connectivity index (χ3n) is 3.73. The average Bonchev–Trinajstić information content (AvgIpc) is 2.93. The van der Waals surface area contributed by atoms with Gasteiger partial charge < -0.3 is 9.32 Å². The van der Waals surface area contributed by atoms with Crippen molar-refractivity contribution in [1.82, 2.24) is 9.88 Å². The molecule has 0 bridgehead atoms. The van der Waals surface area contributed by atoms with Crippen LogP contribution in [-0.4, -0.2) is 22.8 Å². The van der Waals surface area contributed by atoms with Crippen molar-refractivity contribution in [3.8, 4) is 0 Å². The van der Waals surface area contributed by atoms with Crippen LogP contribution in [0, 0.1) is 0 Å². The van der Waals surface area contributed by atoms with E-state index < -0.39 is 0 Å². The highest BCUT2D eigenvalue weighted by Crippen LogP contribution is 2.27. The van der Waals surface area contributed by atoms with Crippen molar-refractivity contribution in [1.29, 1.82) is 0 Å². The Kier molecular flexibility index (Phi) is 3.92. The lowest BCUT2D eigenvalue weighted by molar-refractivity contribution is 0.0779. The van der Waals surface area contributed by atoms with Crippen LogP contribution in [0.15, 0.2) is 53.1 Å². The third-order valence-corrected chi connectivity index (χ3v) is 3.73. The molecule has 0 unspecified atom stereocenters. The lowest BCUT2D eigenvalue weighted by atomic mass is 10.1. The third kappa shape index (κ3) is 2.60. The summed E-state index contributed by atoms with van der Waals surface area (Å²) in [5.41, 5.74) is 2.40. The highest BCUT2D eigenvalue weighted by atomic mass is 16.3. The van der Waals surface area contributed by atoms with Crippen molar-refractivity contribution in [2.75, 3.05) is 7.05 Å². The van der Waals surface area contributed by atoms with Gasteiger partial charge in [0.1, 0.15) is 17.0 Å². The van der Waals surface area contributed by atoms with Gasteiger partial charge in [-0.3, -0.25) is 9.78 Å². The number of carbonyl (C=O) groups excluding carboxylic acids is 1. The molecule has 22 heavy (non-hydrogen) atoms. The number of para-hydroxylation sites is 1. The quantitative estimate of drug-likeness (QED) is 0.737. The SMILES string of the molecule is CCc1oc2ccccc2c1CN(C)C(=O)c1ccccn1. The standard InChI is InChI=1S/C18H18N2O2/c1-3-16-14(13-8-4-5-10-17(13)22-16)12-20(2)18(21)15-9-6-7-11-19-15/h4-11H,3,12H2,1-2H3. The molecule has 1 aromatic carbocycles. The van der Waals surface area contributed by atoms with Crippen molar-refractivity contribution in [2.24, 2.45) is 0 Å². The van der Waals surface area contributed by atoms with E-state index in [2.05, 4.69) is 11.9 Å². The van der Waals surface area contributed by atoms with E-state index in [1.54, 1.807) is 30.3 Å². The van der Waals surface area contributed by atoms with E-state index in [1.165, 1.54) is 0 Å². The van der Waals surface area contributed by atoms with Gasteiger partial charge in [-0.05, 0) is 18.2 Å². The number of benzene rings is 1. The molecule has 0 aliphatic rings. The second-order valence-corrected chi connectivity index (χ2v) is 5.23. The molecule has 0 radical (unpaired) electrons. The predicted molar refractivity (Wildman–Crippen MR) is 85.6 cm³/mol. The maximum absolute atomic E-state index is 12.4. The molecule has 2 aromatic heterocycles. The van der Waals surface area contributed by atoms with Crippen LogP contribution in [0.5, 0.6) is 0 Å². The first-order valence-electron chi connectivity index (χ1n) is 7.36. The van der Waals surface area contributed by atoms with Gasteiger partial charge in [-0.1, -0.05) is 31.2 Å². The Morgan fingerprint density at radius 1 is 1.18 bits per heavy atom. The molecule has 4 nitrogen and oxygen atoms in total.